The van der Waals surface area contributed by atoms with Crippen LogP contribution in [0.3, 0.4) is 0 Å². The van der Waals surface area contributed by atoms with Crippen molar-refractivity contribution in [2.45, 2.75) is 12.8 Å². The number of methoxy groups -OCH3 is 1. The van der Waals surface area contributed by atoms with Crippen LogP contribution in [0.15, 0.2) is 18.2 Å². The van der Waals surface area contributed by atoms with Gasteiger partial charge >= 0.3 is 5.97 Å². The van der Waals surface area contributed by atoms with Gasteiger partial charge < -0.3 is 19.7 Å². The number of hydrogen-bond acceptors (Lipinski definition) is 5. The Labute approximate surface area is 99.6 Å². The standard InChI is InChI=1S/C12H16O5/c1-16-11-7-9(3-4-10(11)14)8-12(15)17-6-2-5-13/h3-4,7,13-14H,2,5-6,8H2,1H3. The number of benzene rings is 1. The molecule has 0 aliphatic carbocycles. The maximum Gasteiger partial charge on any atom is 0.310 e. The average molecular weight is 240 g/mol. The summed E-state index contributed by atoms with van der Waals surface area (Å²) in [6.45, 7) is 0.213. The summed E-state index contributed by atoms with van der Waals surface area (Å²) in [5, 5.41) is 17.9. The van der Waals surface area contributed by atoms with Gasteiger partial charge in [-0.25, -0.2) is 0 Å². The molecule has 5 heteroatoms. The van der Waals surface area contributed by atoms with Crippen LogP contribution in [0.5, 0.6) is 11.5 Å². The highest BCUT2D eigenvalue weighted by atomic mass is 16.5. The van der Waals surface area contributed by atoms with Crippen LogP contribution >= 0.6 is 0 Å². The smallest absolute Gasteiger partial charge is 0.310 e. The second kappa shape index (κ2) is 6.75. The second-order valence-electron chi connectivity index (χ2n) is 3.48. The van der Waals surface area contributed by atoms with E-state index in [1.165, 1.54) is 13.2 Å². The minimum atomic E-state index is -0.369. The first kappa shape index (κ1) is 13.3. The van der Waals surface area contributed by atoms with E-state index in [0.29, 0.717) is 17.7 Å². The van der Waals surface area contributed by atoms with Crippen LogP contribution in [0, 0.1) is 0 Å². The minimum Gasteiger partial charge on any atom is -0.504 e. The van der Waals surface area contributed by atoms with Gasteiger partial charge in [0.05, 0.1) is 20.1 Å². The predicted molar refractivity (Wildman–Crippen MR) is 61.0 cm³/mol. The topological polar surface area (TPSA) is 76.0 Å². The van der Waals surface area contributed by atoms with Crippen molar-refractivity contribution in [2.24, 2.45) is 0 Å². The third kappa shape index (κ3) is 4.32. The van der Waals surface area contributed by atoms with E-state index in [1.54, 1.807) is 12.1 Å². The van der Waals surface area contributed by atoms with Gasteiger partial charge in [-0.15, -0.1) is 0 Å². The number of aromatic hydroxyl groups is 1. The number of rotatable bonds is 6. The highest BCUT2D eigenvalue weighted by Crippen LogP contribution is 2.26. The van der Waals surface area contributed by atoms with Gasteiger partial charge in [-0.2, -0.15) is 0 Å². The van der Waals surface area contributed by atoms with Crippen molar-refractivity contribution >= 4 is 5.97 Å². The molecule has 0 radical (unpaired) electrons. The summed E-state index contributed by atoms with van der Waals surface area (Å²) in [5.41, 5.74) is 0.702. The first-order valence-corrected chi connectivity index (χ1v) is 5.29. The molecule has 0 atom stereocenters. The summed E-state index contributed by atoms with van der Waals surface area (Å²) in [5.74, 6) is -0.0123. The van der Waals surface area contributed by atoms with E-state index in [4.69, 9.17) is 14.6 Å². The lowest BCUT2D eigenvalue weighted by molar-refractivity contribution is -0.143. The van der Waals surface area contributed by atoms with Gasteiger partial charge in [0.15, 0.2) is 11.5 Å². The van der Waals surface area contributed by atoms with Gasteiger partial charge in [0, 0.05) is 13.0 Å². The predicted octanol–water partition coefficient (Wildman–Crippen LogP) is 0.869. The molecule has 0 aromatic heterocycles. The van der Waals surface area contributed by atoms with Crippen molar-refractivity contribution in [3.05, 3.63) is 23.8 Å². The van der Waals surface area contributed by atoms with Crippen molar-refractivity contribution in [3.8, 4) is 11.5 Å². The molecule has 0 saturated heterocycles. The lowest BCUT2D eigenvalue weighted by atomic mass is 10.1. The number of ether oxygens (including phenoxy) is 2. The summed E-state index contributed by atoms with van der Waals surface area (Å²) >= 11 is 0. The van der Waals surface area contributed by atoms with Gasteiger partial charge in [0.25, 0.3) is 0 Å². The second-order valence-corrected chi connectivity index (χ2v) is 3.48. The van der Waals surface area contributed by atoms with Crippen LogP contribution in [0.1, 0.15) is 12.0 Å². The highest BCUT2D eigenvalue weighted by molar-refractivity contribution is 5.72. The van der Waals surface area contributed by atoms with Gasteiger partial charge in [-0.3, -0.25) is 4.79 Å². The van der Waals surface area contributed by atoms with E-state index in [1.807, 2.05) is 0 Å². The lowest BCUT2D eigenvalue weighted by Crippen LogP contribution is -2.09. The fraction of sp³-hybridized carbons (Fsp3) is 0.417. The monoisotopic (exact) mass is 240 g/mol. The van der Waals surface area contributed by atoms with E-state index in [9.17, 15) is 9.90 Å². The van der Waals surface area contributed by atoms with Crippen LogP contribution in [0.2, 0.25) is 0 Å². The summed E-state index contributed by atoms with van der Waals surface area (Å²) in [6.07, 6.45) is 0.548. The van der Waals surface area contributed by atoms with Crippen molar-refractivity contribution in [2.75, 3.05) is 20.3 Å². The Morgan fingerprint density at radius 2 is 2.18 bits per heavy atom. The quantitative estimate of drug-likeness (QED) is 0.570. The first-order chi connectivity index (χ1) is 8.17. The number of esters is 1. The van der Waals surface area contributed by atoms with E-state index in [2.05, 4.69) is 0 Å². The molecule has 0 heterocycles. The third-order valence-corrected chi connectivity index (χ3v) is 2.16. The van der Waals surface area contributed by atoms with Gasteiger partial charge in [-0.05, 0) is 17.7 Å². The normalized spacial score (nSPS) is 10.0. The van der Waals surface area contributed by atoms with E-state index < -0.39 is 0 Å². The molecule has 0 unspecified atom stereocenters. The molecule has 0 fully saturated rings. The summed E-state index contributed by atoms with van der Waals surface area (Å²) < 4.78 is 9.82. The van der Waals surface area contributed by atoms with Crippen molar-refractivity contribution < 1.29 is 24.5 Å². The molecule has 0 aliphatic heterocycles. The zero-order valence-corrected chi connectivity index (χ0v) is 9.68. The molecular formula is C12H16O5. The molecule has 2 N–H and O–H groups in total. The molecule has 1 aromatic carbocycles. The van der Waals surface area contributed by atoms with Crippen LogP contribution < -0.4 is 4.74 Å². The fourth-order valence-corrected chi connectivity index (χ4v) is 1.30. The zero-order valence-electron chi connectivity index (χ0n) is 9.68. The highest BCUT2D eigenvalue weighted by Gasteiger charge is 2.08. The Morgan fingerprint density at radius 3 is 2.82 bits per heavy atom. The summed E-state index contributed by atoms with van der Waals surface area (Å²) in [6, 6.07) is 4.68. The Balaban J connectivity index is 2.53. The molecule has 0 spiro atoms. The molecule has 1 aromatic rings. The number of hydrogen-bond donors (Lipinski definition) is 2. The number of aliphatic hydroxyl groups is 1. The molecule has 0 bridgehead atoms. The van der Waals surface area contributed by atoms with Crippen LogP contribution in [0.4, 0.5) is 0 Å². The van der Waals surface area contributed by atoms with Crippen LogP contribution in [-0.2, 0) is 16.0 Å². The summed E-state index contributed by atoms with van der Waals surface area (Å²) in [7, 11) is 1.44. The first-order valence-electron chi connectivity index (χ1n) is 5.29. The molecule has 1 rings (SSSR count). The molecule has 0 aliphatic rings. The number of phenolic OH excluding ortho intramolecular Hbond substituents is 1. The Hall–Kier alpha value is -1.75. The zero-order chi connectivity index (χ0) is 12.7. The number of carbonyl (C=O) groups excluding carboxylic acids is 1. The SMILES string of the molecule is COc1cc(CC(=O)OCCCO)ccc1O. The molecule has 0 saturated carbocycles. The van der Waals surface area contributed by atoms with Crippen molar-refractivity contribution in [1.82, 2.24) is 0 Å². The third-order valence-electron chi connectivity index (χ3n) is 2.16. The molecule has 94 valence electrons. The molecule has 17 heavy (non-hydrogen) atoms. The van der Waals surface area contributed by atoms with E-state index in [-0.39, 0.29) is 31.4 Å². The molecule has 5 nitrogen and oxygen atoms in total. The summed E-state index contributed by atoms with van der Waals surface area (Å²) in [4.78, 5) is 11.4. The van der Waals surface area contributed by atoms with Crippen molar-refractivity contribution in [3.63, 3.8) is 0 Å². The minimum absolute atomic E-state index is 0.000310. The van der Waals surface area contributed by atoms with Crippen LogP contribution in [0.25, 0.3) is 0 Å². The Kier molecular flexibility index (Phi) is 5.29. The van der Waals surface area contributed by atoms with E-state index in [0.717, 1.165) is 0 Å². The molecular weight excluding hydrogens is 224 g/mol. The largest absolute Gasteiger partial charge is 0.504 e. The number of aliphatic hydroxyl groups excluding tert-OH is 1. The van der Waals surface area contributed by atoms with Gasteiger partial charge in [-0.1, -0.05) is 6.07 Å². The Morgan fingerprint density at radius 1 is 1.41 bits per heavy atom. The Bertz CT molecular complexity index is 375. The average Bonchev–Trinajstić information content (AvgIpc) is 2.32. The molecule has 0 amide bonds. The van der Waals surface area contributed by atoms with Crippen molar-refractivity contribution in [1.29, 1.82) is 0 Å². The number of phenols is 1. The maximum atomic E-state index is 11.4. The maximum absolute atomic E-state index is 11.4. The van der Waals surface area contributed by atoms with Crippen LogP contribution in [-0.4, -0.2) is 36.5 Å². The lowest BCUT2D eigenvalue weighted by Gasteiger charge is -2.07. The number of carbonyl (C=O) groups is 1. The van der Waals surface area contributed by atoms with Gasteiger partial charge in [0.1, 0.15) is 0 Å². The van der Waals surface area contributed by atoms with E-state index >= 15 is 0 Å². The van der Waals surface area contributed by atoms with Gasteiger partial charge in [0.2, 0.25) is 0 Å². The fourth-order valence-electron chi connectivity index (χ4n) is 1.30.